The average Bonchev–Trinajstić information content (AvgIpc) is 3.78. The van der Waals surface area contributed by atoms with Crippen molar-refractivity contribution in [2.24, 2.45) is 10.8 Å². The van der Waals surface area contributed by atoms with Crippen molar-refractivity contribution >= 4 is 23.2 Å². The number of hydrogen-bond donors (Lipinski definition) is 4. The number of fused-ring (bicyclic) bond motifs is 1. The number of amidine groups is 1. The molecule has 6 rings (SSSR count). The minimum Gasteiger partial charge on any atom is -0.493 e. The van der Waals surface area contributed by atoms with Crippen molar-refractivity contribution in [1.82, 2.24) is 34.7 Å². The Bertz CT molecular complexity index is 2470. The second-order valence-electron chi connectivity index (χ2n) is 13.9. The number of para-hydroxylation sites is 3. The van der Waals surface area contributed by atoms with Crippen LogP contribution in [0.3, 0.4) is 0 Å². The van der Waals surface area contributed by atoms with E-state index in [1.165, 1.54) is 0 Å². The molecule has 0 unspecified atom stereocenters. The van der Waals surface area contributed by atoms with Gasteiger partial charge in [0.05, 0.1) is 47.9 Å². The molecule has 3 aromatic heterocycles. The third-order valence-corrected chi connectivity index (χ3v) is 8.92. The highest BCUT2D eigenvalue weighted by Gasteiger charge is 2.17. The summed E-state index contributed by atoms with van der Waals surface area (Å²) in [6.45, 7) is 17.2. The molecule has 0 fully saturated rings. The number of benzene rings is 3. The zero-order chi connectivity index (χ0) is 45.0. The number of hydrogen-bond acceptors (Lipinski definition) is 10. The number of aromatic nitrogens is 6. The first-order chi connectivity index (χ1) is 30.0. The summed E-state index contributed by atoms with van der Waals surface area (Å²) in [5.74, 6) is 3.88. The molecule has 0 spiro atoms. The van der Waals surface area contributed by atoms with Crippen LogP contribution >= 0.6 is 0 Å². The molecule has 0 saturated carbocycles. The molecular formula is C46H60N10O6. The van der Waals surface area contributed by atoms with Gasteiger partial charge < -0.3 is 24.9 Å². The number of ether oxygens (including phenoxy) is 3. The lowest BCUT2D eigenvalue weighted by Crippen LogP contribution is -2.24. The van der Waals surface area contributed by atoms with Gasteiger partial charge in [0.25, 0.3) is 17.4 Å². The van der Waals surface area contributed by atoms with Crippen LogP contribution < -0.4 is 36.4 Å². The van der Waals surface area contributed by atoms with E-state index in [4.69, 9.17) is 19.9 Å². The maximum Gasteiger partial charge on any atom is 0.277 e. The topological polar surface area (TPSA) is 205 Å². The van der Waals surface area contributed by atoms with Gasteiger partial charge in [-0.2, -0.15) is 5.10 Å². The molecule has 0 radical (unpaired) electrons. The molecule has 330 valence electrons. The minimum atomic E-state index is -0.321. The quantitative estimate of drug-likeness (QED) is 0.0403. The molecule has 0 atom stereocenters. The average molecular weight is 849 g/mol. The van der Waals surface area contributed by atoms with Gasteiger partial charge >= 0.3 is 0 Å². The molecule has 3 aromatic carbocycles. The summed E-state index contributed by atoms with van der Waals surface area (Å²) < 4.78 is 19.9. The Kier molecular flexibility index (Phi) is 18.7. The molecule has 16 heteroatoms. The van der Waals surface area contributed by atoms with Gasteiger partial charge in [0.2, 0.25) is 0 Å². The van der Waals surface area contributed by atoms with Gasteiger partial charge in [-0.3, -0.25) is 19.8 Å². The molecular weight excluding hydrogens is 789 g/mol. The normalized spacial score (nSPS) is 10.9. The van der Waals surface area contributed by atoms with E-state index in [0.29, 0.717) is 77.5 Å². The van der Waals surface area contributed by atoms with Crippen LogP contribution in [-0.2, 0) is 12.8 Å². The SMILES string of the molecule is CCCC(N)=NNC(=O)c1ccccc1OCC.CCCc1nc(C)c2c(=O)[nH]c(-c3ccccc3OCC)nn12.CCCc1nc(C)cn1NC(=O)c1ccccc1OCC. The first-order valence-corrected chi connectivity index (χ1v) is 21.1. The molecule has 0 bridgehead atoms. The van der Waals surface area contributed by atoms with Crippen molar-refractivity contribution in [2.75, 3.05) is 25.2 Å². The molecule has 5 N–H and O–H groups in total. The van der Waals surface area contributed by atoms with Crippen LogP contribution in [0.2, 0.25) is 0 Å². The van der Waals surface area contributed by atoms with Crippen molar-refractivity contribution < 1.29 is 23.8 Å². The van der Waals surface area contributed by atoms with Crippen molar-refractivity contribution in [3.8, 4) is 28.6 Å². The van der Waals surface area contributed by atoms with Gasteiger partial charge in [0.1, 0.15) is 34.7 Å². The molecule has 0 aliphatic carbocycles. The fourth-order valence-electron chi connectivity index (χ4n) is 6.27. The van der Waals surface area contributed by atoms with Crippen molar-refractivity contribution in [2.45, 2.75) is 93.9 Å². The van der Waals surface area contributed by atoms with Crippen LogP contribution in [0.25, 0.3) is 16.9 Å². The number of imidazole rings is 2. The summed E-state index contributed by atoms with van der Waals surface area (Å²) in [5, 5.41) is 8.44. The number of aromatic amines is 1. The molecule has 3 heterocycles. The lowest BCUT2D eigenvalue weighted by molar-refractivity contribution is 0.0949. The van der Waals surface area contributed by atoms with E-state index < -0.39 is 0 Å². The van der Waals surface area contributed by atoms with E-state index in [1.807, 2.05) is 90.2 Å². The molecule has 16 nitrogen and oxygen atoms in total. The lowest BCUT2D eigenvalue weighted by atomic mass is 10.2. The Morgan fingerprint density at radius 2 is 1.27 bits per heavy atom. The van der Waals surface area contributed by atoms with E-state index in [9.17, 15) is 14.4 Å². The highest BCUT2D eigenvalue weighted by Crippen LogP contribution is 2.27. The zero-order valence-electron chi connectivity index (χ0n) is 37.1. The van der Waals surface area contributed by atoms with Crippen LogP contribution in [-0.4, -0.2) is 66.7 Å². The fourth-order valence-corrected chi connectivity index (χ4v) is 6.27. The van der Waals surface area contributed by atoms with Crippen LogP contribution in [0, 0.1) is 13.8 Å². The van der Waals surface area contributed by atoms with E-state index in [-0.39, 0.29) is 17.4 Å². The first-order valence-electron chi connectivity index (χ1n) is 21.1. The van der Waals surface area contributed by atoms with Gasteiger partial charge in [-0.15, -0.1) is 5.10 Å². The van der Waals surface area contributed by atoms with E-state index in [2.05, 4.69) is 49.9 Å². The predicted octanol–water partition coefficient (Wildman–Crippen LogP) is 7.56. The third-order valence-electron chi connectivity index (χ3n) is 8.92. The molecule has 0 saturated heterocycles. The Balaban J connectivity index is 0.000000206. The number of nitrogens with zero attached hydrogens (tertiary/aromatic N) is 6. The summed E-state index contributed by atoms with van der Waals surface area (Å²) in [7, 11) is 0. The Labute approximate surface area is 362 Å². The largest absolute Gasteiger partial charge is 0.493 e. The van der Waals surface area contributed by atoms with Gasteiger partial charge in [0.15, 0.2) is 11.3 Å². The van der Waals surface area contributed by atoms with E-state index in [0.717, 1.165) is 55.0 Å². The number of carbonyl (C=O) groups excluding carboxylic acids is 2. The number of nitrogens with two attached hydrogens (primary N) is 1. The predicted molar refractivity (Wildman–Crippen MR) is 243 cm³/mol. The second kappa shape index (κ2) is 24.3. The molecule has 0 aliphatic rings. The van der Waals surface area contributed by atoms with Crippen LogP contribution in [0.4, 0.5) is 0 Å². The summed E-state index contributed by atoms with van der Waals surface area (Å²) in [5.41, 5.74) is 14.5. The summed E-state index contributed by atoms with van der Waals surface area (Å²) in [6.07, 6.45) is 6.89. The second-order valence-corrected chi connectivity index (χ2v) is 13.9. The van der Waals surface area contributed by atoms with E-state index >= 15 is 0 Å². The van der Waals surface area contributed by atoms with Crippen molar-refractivity contribution in [3.63, 3.8) is 0 Å². The number of amides is 2. The Morgan fingerprint density at radius 1 is 0.726 bits per heavy atom. The van der Waals surface area contributed by atoms with Crippen molar-refractivity contribution in [3.05, 3.63) is 124 Å². The van der Waals surface area contributed by atoms with Crippen LogP contribution in [0.1, 0.15) is 111 Å². The van der Waals surface area contributed by atoms with E-state index in [1.54, 1.807) is 39.5 Å². The maximum absolute atomic E-state index is 12.5. The molecule has 0 aliphatic heterocycles. The molecule has 2 amide bonds. The zero-order valence-corrected chi connectivity index (χ0v) is 37.1. The number of nitrogens with one attached hydrogen (secondary N) is 3. The first kappa shape index (κ1) is 47.7. The number of aryl methyl sites for hydroxylation is 4. The smallest absolute Gasteiger partial charge is 0.277 e. The maximum atomic E-state index is 12.5. The number of hydrazone groups is 1. The minimum absolute atomic E-state index is 0.186. The highest BCUT2D eigenvalue weighted by molar-refractivity contribution is 6.02. The number of rotatable bonds is 17. The fraction of sp³-hybridized carbons (Fsp3) is 0.370. The Hall–Kier alpha value is -6.97. The number of carbonyl (C=O) groups is 2. The van der Waals surface area contributed by atoms with Gasteiger partial charge in [0, 0.05) is 25.5 Å². The van der Waals surface area contributed by atoms with Gasteiger partial charge in [-0.05, 0) is 90.3 Å². The molecule has 62 heavy (non-hydrogen) atoms. The highest BCUT2D eigenvalue weighted by atomic mass is 16.5. The number of H-pyrrole nitrogens is 1. The lowest BCUT2D eigenvalue weighted by Gasteiger charge is -2.12. The third kappa shape index (κ3) is 13.0. The van der Waals surface area contributed by atoms with Gasteiger partial charge in [-0.1, -0.05) is 57.2 Å². The summed E-state index contributed by atoms with van der Waals surface area (Å²) in [6, 6.07) is 21.8. The van der Waals surface area contributed by atoms with Gasteiger partial charge in [-0.25, -0.2) is 24.6 Å². The Morgan fingerprint density at radius 3 is 1.87 bits per heavy atom. The van der Waals surface area contributed by atoms with Crippen LogP contribution in [0.15, 0.2) is 88.9 Å². The van der Waals surface area contributed by atoms with Crippen molar-refractivity contribution in [1.29, 1.82) is 0 Å². The summed E-state index contributed by atoms with van der Waals surface area (Å²) in [4.78, 5) is 48.6. The van der Waals surface area contributed by atoms with Crippen LogP contribution in [0.5, 0.6) is 17.2 Å². The standard InChI is InChI=1S/C17H20N4O2.C16H21N3O2.C13H19N3O2/c1-4-8-14-18-11(3)15-17(22)19-16(20-21(14)15)12-9-6-7-10-13(12)23-5-2;1-4-8-15-17-12(3)11-19(15)18-16(20)13-9-6-7-10-14(13)21-5-2;1-3-7-12(14)15-16-13(17)10-8-5-6-9-11(10)18-4-2/h6-7,9-10H,4-5,8H2,1-3H3,(H,19,20,22);6-7,9-11H,4-5,8H2,1-3H3,(H,18,20);5-6,8-9H,3-4,7H2,1-2H3,(H2,14,15)(H,16,17). The summed E-state index contributed by atoms with van der Waals surface area (Å²) >= 11 is 0. The molecule has 6 aromatic rings. The monoisotopic (exact) mass is 848 g/mol.